The lowest BCUT2D eigenvalue weighted by atomic mass is 9.85. The standard InChI is InChI=1S/C28H31N5O5/c1-31(2)13-14-32(3)25(30-37)20-7-5-19(6-8-20)11-12-28(16-24(34)29-27(28)36)18-33-17-21-9-10-22(38-4)15-23(21)26(33)35/h5-10,15,37H,13-14,16-18H2,1-4H3,(H,29,34,36)/b30-25-/t28-/m1/s1. The number of likely N-dealkylation sites (N-methyl/N-ethyl adjacent to an activating group) is 2. The van der Waals surface area contributed by atoms with Crippen molar-refractivity contribution in [2.24, 2.45) is 10.6 Å². The Labute approximate surface area is 221 Å². The van der Waals surface area contributed by atoms with E-state index in [0.717, 1.165) is 12.1 Å². The van der Waals surface area contributed by atoms with Gasteiger partial charge < -0.3 is 24.6 Å². The van der Waals surface area contributed by atoms with Gasteiger partial charge in [0, 0.05) is 49.9 Å². The first-order valence-corrected chi connectivity index (χ1v) is 12.2. The Kier molecular flexibility index (Phi) is 7.69. The number of fused-ring (bicyclic) bond motifs is 1. The third-order valence-corrected chi connectivity index (χ3v) is 6.73. The fraction of sp³-hybridized carbons (Fsp3) is 0.357. The van der Waals surface area contributed by atoms with Crippen molar-refractivity contribution < 1.29 is 24.3 Å². The summed E-state index contributed by atoms with van der Waals surface area (Å²) < 4.78 is 5.23. The molecule has 0 spiro atoms. The highest BCUT2D eigenvalue weighted by molar-refractivity contribution is 6.08. The summed E-state index contributed by atoms with van der Waals surface area (Å²) in [7, 11) is 7.32. The van der Waals surface area contributed by atoms with E-state index in [1.54, 1.807) is 41.3 Å². The number of nitrogens with zero attached hydrogens (tertiary/aromatic N) is 4. The smallest absolute Gasteiger partial charge is 0.254 e. The Morgan fingerprint density at radius 1 is 1.13 bits per heavy atom. The third-order valence-electron chi connectivity index (χ3n) is 6.73. The van der Waals surface area contributed by atoms with Crippen LogP contribution in [0.1, 0.15) is 33.5 Å². The fourth-order valence-electron chi connectivity index (χ4n) is 4.54. The number of methoxy groups -OCH3 is 1. The fourth-order valence-corrected chi connectivity index (χ4v) is 4.54. The van der Waals surface area contributed by atoms with Gasteiger partial charge in [0.25, 0.3) is 5.91 Å². The van der Waals surface area contributed by atoms with Gasteiger partial charge in [-0.25, -0.2) is 0 Å². The van der Waals surface area contributed by atoms with Crippen molar-refractivity contribution in [1.29, 1.82) is 0 Å². The molecular weight excluding hydrogens is 486 g/mol. The molecule has 2 aliphatic rings. The normalized spacial score (nSPS) is 18.8. The monoisotopic (exact) mass is 517 g/mol. The van der Waals surface area contributed by atoms with Gasteiger partial charge in [0.2, 0.25) is 11.8 Å². The van der Waals surface area contributed by atoms with Crippen molar-refractivity contribution >= 4 is 23.6 Å². The maximum atomic E-state index is 13.1. The maximum Gasteiger partial charge on any atom is 0.254 e. The van der Waals surface area contributed by atoms with Crippen LogP contribution in [0.2, 0.25) is 0 Å². The molecule has 1 atom stereocenters. The van der Waals surface area contributed by atoms with Gasteiger partial charge in [-0.2, -0.15) is 0 Å². The van der Waals surface area contributed by atoms with Crippen LogP contribution in [0.25, 0.3) is 0 Å². The average Bonchev–Trinajstić information content (AvgIpc) is 3.36. The van der Waals surface area contributed by atoms with Gasteiger partial charge in [-0.3, -0.25) is 19.7 Å². The summed E-state index contributed by atoms with van der Waals surface area (Å²) in [4.78, 5) is 43.6. The minimum Gasteiger partial charge on any atom is -0.497 e. The number of carbonyl (C=O) groups is 3. The SMILES string of the molecule is COc1ccc2c(c1)C(=O)N(C[C@@]1(C#Cc3ccc(/C(=N/O)N(C)CCN(C)C)cc3)CC(=O)NC1=O)C2. The summed E-state index contributed by atoms with van der Waals surface area (Å²) in [5.41, 5.74) is 1.32. The zero-order chi connectivity index (χ0) is 27.4. The van der Waals surface area contributed by atoms with E-state index < -0.39 is 17.2 Å². The van der Waals surface area contributed by atoms with Crippen LogP contribution in [0.4, 0.5) is 0 Å². The van der Waals surface area contributed by atoms with Crippen molar-refractivity contribution in [2.45, 2.75) is 13.0 Å². The summed E-state index contributed by atoms with van der Waals surface area (Å²) >= 11 is 0. The second kappa shape index (κ2) is 10.9. The molecule has 10 heteroatoms. The van der Waals surface area contributed by atoms with Gasteiger partial charge >= 0.3 is 0 Å². The van der Waals surface area contributed by atoms with Crippen molar-refractivity contribution in [1.82, 2.24) is 20.0 Å². The molecule has 3 amide bonds. The molecule has 2 heterocycles. The second-order valence-electron chi connectivity index (χ2n) is 9.80. The van der Waals surface area contributed by atoms with Crippen LogP contribution >= 0.6 is 0 Å². The summed E-state index contributed by atoms with van der Waals surface area (Å²) in [6, 6.07) is 12.4. The lowest BCUT2D eigenvalue weighted by Crippen LogP contribution is -2.42. The van der Waals surface area contributed by atoms with E-state index in [1.165, 1.54) is 7.11 Å². The van der Waals surface area contributed by atoms with E-state index in [2.05, 4.69) is 22.3 Å². The van der Waals surface area contributed by atoms with E-state index in [-0.39, 0.29) is 18.9 Å². The summed E-state index contributed by atoms with van der Waals surface area (Å²) in [6.07, 6.45) is -0.127. The number of ether oxygens (including phenoxy) is 1. The van der Waals surface area contributed by atoms with Crippen LogP contribution in [0, 0.1) is 17.3 Å². The number of benzene rings is 2. The Morgan fingerprint density at radius 2 is 1.87 bits per heavy atom. The predicted octanol–water partition coefficient (Wildman–Crippen LogP) is 1.36. The van der Waals surface area contributed by atoms with Gasteiger partial charge in [0.1, 0.15) is 11.2 Å². The molecule has 10 nitrogen and oxygen atoms in total. The van der Waals surface area contributed by atoms with E-state index in [0.29, 0.717) is 41.4 Å². The largest absolute Gasteiger partial charge is 0.497 e. The number of rotatable bonds is 7. The molecule has 0 saturated carbocycles. The maximum absolute atomic E-state index is 13.1. The van der Waals surface area contributed by atoms with E-state index >= 15 is 0 Å². The number of nitrogens with one attached hydrogen (secondary N) is 1. The minimum absolute atomic E-state index is 0.0104. The molecular formula is C28H31N5O5. The highest BCUT2D eigenvalue weighted by atomic mass is 16.5. The zero-order valence-corrected chi connectivity index (χ0v) is 21.9. The number of imide groups is 1. The molecule has 0 unspecified atom stereocenters. The molecule has 4 rings (SSSR count). The Morgan fingerprint density at radius 3 is 2.47 bits per heavy atom. The number of amidine groups is 1. The molecule has 38 heavy (non-hydrogen) atoms. The topological polar surface area (TPSA) is 115 Å². The van der Waals surface area contributed by atoms with Crippen molar-refractivity contribution in [2.75, 3.05) is 47.9 Å². The molecule has 2 aromatic carbocycles. The van der Waals surface area contributed by atoms with Crippen LogP contribution in [0.15, 0.2) is 47.6 Å². The quantitative estimate of drug-likeness (QED) is 0.142. The van der Waals surface area contributed by atoms with Crippen LogP contribution in [0.5, 0.6) is 5.75 Å². The Balaban J connectivity index is 1.55. The first-order valence-electron chi connectivity index (χ1n) is 12.2. The van der Waals surface area contributed by atoms with Crippen LogP contribution < -0.4 is 10.1 Å². The van der Waals surface area contributed by atoms with E-state index in [4.69, 9.17) is 4.74 Å². The van der Waals surface area contributed by atoms with Crippen molar-refractivity contribution in [3.63, 3.8) is 0 Å². The first-order chi connectivity index (χ1) is 18.2. The highest BCUT2D eigenvalue weighted by Crippen LogP contribution is 2.33. The van der Waals surface area contributed by atoms with Gasteiger partial charge in [-0.15, -0.1) is 0 Å². The highest BCUT2D eigenvalue weighted by Gasteiger charge is 2.48. The van der Waals surface area contributed by atoms with Crippen molar-refractivity contribution in [3.05, 3.63) is 64.7 Å². The summed E-state index contributed by atoms with van der Waals surface area (Å²) in [5, 5.41) is 15.4. The molecule has 0 bridgehead atoms. The van der Waals surface area contributed by atoms with Crippen molar-refractivity contribution in [3.8, 4) is 17.6 Å². The molecule has 0 aliphatic carbocycles. The molecule has 1 fully saturated rings. The molecule has 2 N–H and O–H groups in total. The summed E-state index contributed by atoms with van der Waals surface area (Å²) in [5.74, 6) is 5.86. The van der Waals surface area contributed by atoms with E-state index in [9.17, 15) is 19.6 Å². The predicted molar refractivity (Wildman–Crippen MR) is 141 cm³/mol. The number of oxime groups is 1. The average molecular weight is 518 g/mol. The lowest BCUT2D eigenvalue weighted by Gasteiger charge is -2.25. The van der Waals surface area contributed by atoms with E-state index in [1.807, 2.05) is 37.0 Å². The third kappa shape index (κ3) is 5.48. The van der Waals surface area contributed by atoms with Gasteiger partial charge in [-0.05, 0) is 56.1 Å². The molecule has 2 aliphatic heterocycles. The Hall–Kier alpha value is -4.36. The molecule has 0 radical (unpaired) electrons. The Bertz CT molecular complexity index is 1340. The van der Waals surface area contributed by atoms with Gasteiger partial charge in [0.15, 0.2) is 5.84 Å². The number of amides is 3. The molecule has 0 aromatic heterocycles. The van der Waals surface area contributed by atoms with Gasteiger partial charge in [0.05, 0.1) is 13.5 Å². The second-order valence-corrected chi connectivity index (χ2v) is 9.80. The number of hydrogen-bond acceptors (Lipinski definition) is 7. The molecule has 1 saturated heterocycles. The minimum atomic E-state index is -1.36. The molecule has 198 valence electrons. The summed E-state index contributed by atoms with van der Waals surface area (Å²) in [6.45, 7) is 1.78. The number of hydrogen-bond donors (Lipinski definition) is 2. The molecule has 2 aromatic rings. The van der Waals surface area contributed by atoms with Crippen LogP contribution in [-0.2, 0) is 16.1 Å². The van der Waals surface area contributed by atoms with Crippen LogP contribution in [-0.4, -0.2) is 91.4 Å². The lowest BCUT2D eigenvalue weighted by molar-refractivity contribution is -0.127. The van der Waals surface area contributed by atoms with Gasteiger partial charge in [-0.1, -0.05) is 23.1 Å². The van der Waals surface area contributed by atoms with Crippen LogP contribution in [0.3, 0.4) is 0 Å². The number of carbonyl (C=O) groups excluding carboxylic acids is 3. The zero-order valence-electron chi connectivity index (χ0n) is 21.9. The first kappa shape index (κ1) is 26.7.